The molecule has 2 aromatic heterocycles. The van der Waals surface area contributed by atoms with Gasteiger partial charge in [0.05, 0.1) is 26.9 Å². The number of fused-ring (bicyclic) bond motifs is 1. The van der Waals surface area contributed by atoms with Crippen molar-refractivity contribution in [3.8, 4) is 11.6 Å². The van der Waals surface area contributed by atoms with Gasteiger partial charge in [0, 0.05) is 29.5 Å². The van der Waals surface area contributed by atoms with Gasteiger partial charge in [-0.25, -0.2) is 0 Å². The van der Waals surface area contributed by atoms with E-state index < -0.39 is 0 Å². The minimum atomic E-state index is -0.277. The Labute approximate surface area is 176 Å². The number of hydrogen-bond acceptors (Lipinski definition) is 5. The van der Waals surface area contributed by atoms with Crippen molar-refractivity contribution in [3.05, 3.63) is 70.0 Å². The maximum atomic E-state index is 12.5. The van der Waals surface area contributed by atoms with E-state index in [4.69, 9.17) is 16.7 Å². The fourth-order valence-corrected chi connectivity index (χ4v) is 4.05. The summed E-state index contributed by atoms with van der Waals surface area (Å²) in [6, 6.07) is 16.3. The van der Waals surface area contributed by atoms with Crippen LogP contribution in [0, 0.1) is 0 Å². The van der Waals surface area contributed by atoms with Crippen LogP contribution in [0.25, 0.3) is 16.5 Å². The number of anilines is 2. The molecule has 0 aliphatic rings. The number of nitrogens with one attached hydrogen (secondary N) is 2. The molecule has 0 saturated heterocycles. The average Bonchev–Trinajstić information content (AvgIpc) is 3.31. The van der Waals surface area contributed by atoms with Gasteiger partial charge in [0.15, 0.2) is 0 Å². The molecule has 8 heteroatoms. The van der Waals surface area contributed by atoms with Gasteiger partial charge in [-0.3, -0.25) is 9.36 Å². The van der Waals surface area contributed by atoms with Gasteiger partial charge in [0.2, 0.25) is 5.88 Å². The summed E-state index contributed by atoms with van der Waals surface area (Å²) in [7, 11) is 0. The van der Waals surface area contributed by atoms with Crippen LogP contribution in [-0.4, -0.2) is 33.8 Å². The van der Waals surface area contributed by atoms with Crippen molar-refractivity contribution in [3.63, 3.8) is 0 Å². The highest BCUT2D eigenvalue weighted by Crippen LogP contribution is 2.36. The molecule has 4 rings (SSSR count). The molecule has 0 aliphatic carbocycles. The number of thiophene rings is 1. The van der Waals surface area contributed by atoms with Crippen LogP contribution in [0.15, 0.2) is 60.8 Å². The van der Waals surface area contributed by atoms with Crippen LogP contribution < -0.4 is 10.6 Å². The van der Waals surface area contributed by atoms with Crippen molar-refractivity contribution in [2.24, 2.45) is 0 Å². The topological polar surface area (TPSA) is 86.5 Å². The summed E-state index contributed by atoms with van der Waals surface area (Å²) in [6.45, 7) is 0.522. The maximum Gasteiger partial charge on any atom is 0.265 e. The first-order valence-corrected chi connectivity index (χ1v) is 10.1. The number of hydrogen-bond donors (Lipinski definition) is 4. The van der Waals surface area contributed by atoms with Crippen LogP contribution in [0.4, 0.5) is 11.4 Å². The Morgan fingerprint density at radius 1 is 1.10 bits per heavy atom. The molecule has 0 atom stereocenters. The molecule has 0 bridgehead atoms. The Morgan fingerprint density at radius 3 is 2.59 bits per heavy atom. The van der Waals surface area contributed by atoms with Crippen molar-refractivity contribution in [1.29, 1.82) is 0 Å². The molecule has 0 radical (unpaired) electrons. The van der Waals surface area contributed by atoms with E-state index in [1.165, 1.54) is 11.3 Å². The number of carbonyl (C=O) groups is 1. The van der Waals surface area contributed by atoms with Gasteiger partial charge in [-0.1, -0.05) is 23.7 Å². The molecule has 1 amide bonds. The van der Waals surface area contributed by atoms with Crippen LogP contribution in [0.1, 0.15) is 9.67 Å². The second-order valence-corrected chi connectivity index (χ2v) is 8.06. The number of aliphatic hydroxyl groups is 1. The van der Waals surface area contributed by atoms with E-state index in [-0.39, 0.29) is 18.4 Å². The largest absolute Gasteiger partial charge is 0.494 e. The smallest absolute Gasteiger partial charge is 0.265 e. The molecule has 2 heterocycles. The monoisotopic (exact) mass is 427 g/mol. The lowest BCUT2D eigenvalue weighted by Gasteiger charge is -2.09. The predicted molar refractivity (Wildman–Crippen MR) is 118 cm³/mol. The Hall–Kier alpha value is -3.00. The molecule has 0 aliphatic heterocycles. The molecular weight excluding hydrogens is 410 g/mol. The summed E-state index contributed by atoms with van der Waals surface area (Å²) in [4.78, 5) is 13.0. The van der Waals surface area contributed by atoms with Gasteiger partial charge in [-0.15, -0.1) is 11.3 Å². The van der Waals surface area contributed by atoms with Gasteiger partial charge < -0.3 is 20.8 Å². The lowest BCUT2D eigenvalue weighted by molar-refractivity contribution is 0.103. The summed E-state index contributed by atoms with van der Waals surface area (Å²) in [5, 5.41) is 27.1. The van der Waals surface area contributed by atoms with Gasteiger partial charge in [0.25, 0.3) is 5.91 Å². The number of benzene rings is 2. The van der Waals surface area contributed by atoms with E-state index in [0.29, 0.717) is 26.8 Å². The average molecular weight is 428 g/mol. The normalized spacial score (nSPS) is 11.0. The van der Waals surface area contributed by atoms with Crippen LogP contribution in [0.3, 0.4) is 0 Å². The number of rotatable bonds is 6. The highest BCUT2D eigenvalue weighted by Gasteiger charge is 2.16. The molecule has 0 unspecified atom stereocenters. The minimum Gasteiger partial charge on any atom is -0.494 e. The Kier molecular flexibility index (Phi) is 5.44. The number of aliphatic hydroxyl groups excluding tert-OH is 1. The highest BCUT2D eigenvalue weighted by molar-refractivity contribution is 7.18. The standard InChI is InChI=1S/C21H18ClN3O3S/c22-18-9-8-17(29-18)20(27)24-16-3-1-2-13-12-25(21(28)19(13)16)15-6-4-14(5-7-15)23-10-11-26/h1-9,12,23,26,28H,10-11H2,(H,24,27). The number of aromatic nitrogens is 1. The number of nitrogens with zero attached hydrogens (tertiary/aromatic N) is 1. The third kappa shape index (κ3) is 3.93. The maximum absolute atomic E-state index is 12.5. The molecule has 2 aromatic carbocycles. The highest BCUT2D eigenvalue weighted by atomic mass is 35.5. The number of halogens is 1. The lowest BCUT2D eigenvalue weighted by atomic mass is 10.2. The molecule has 0 spiro atoms. The van der Waals surface area contributed by atoms with Gasteiger partial charge in [-0.2, -0.15) is 0 Å². The number of amides is 1. The van der Waals surface area contributed by atoms with Crippen molar-refractivity contribution >= 4 is 51.0 Å². The molecule has 0 fully saturated rings. The number of carbonyl (C=O) groups excluding carboxylic acids is 1. The van der Waals surface area contributed by atoms with E-state index in [1.807, 2.05) is 42.6 Å². The van der Waals surface area contributed by atoms with Crippen LogP contribution in [-0.2, 0) is 0 Å². The summed E-state index contributed by atoms with van der Waals surface area (Å²) >= 11 is 7.11. The zero-order chi connectivity index (χ0) is 20.4. The zero-order valence-electron chi connectivity index (χ0n) is 15.2. The molecule has 148 valence electrons. The fraction of sp³-hybridized carbons (Fsp3) is 0.0952. The third-order valence-corrected chi connectivity index (χ3v) is 5.68. The van der Waals surface area contributed by atoms with Crippen LogP contribution in [0.2, 0.25) is 4.34 Å². The van der Waals surface area contributed by atoms with Gasteiger partial charge >= 0.3 is 0 Å². The van der Waals surface area contributed by atoms with Crippen molar-refractivity contribution in [2.75, 3.05) is 23.8 Å². The molecule has 29 heavy (non-hydrogen) atoms. The first-order chi connectivity index (χ1) is 14.1. The van der Waals surface area contributed by atoms with E-state index in [9.17, 15) is 9.90 Å². The van der Waals surface area contributed by atoms with E-state index in [1.54, 1.807) is 22.8 Å². The summed E-state index contributed by atoms with van der Waals surface area (Å²) in [6.07, 6.45) is 1.82. The zero-order valence-corrected chi connectivity index (χ0v) is 16.8. The fourth-order valence-electron chi connectivity index (χ4n) is 3.11. The molecule has 6 nitrogen and oxygen atoms in total. The Balaban J connectivity index is 1.67. The summed E-state index contributed by atoms with van der Waals surface area (Å²) < 4.78 is 2.21. The van der Waals surface area contributed by atoms with E-state index in [0.717, 1.165) is 16.8 Å². The molecular formula is C21H18ClN3O3S. The SMILES string of the molecule is O=C(Nc1cccc2cn(-c3ccc(NCCO)cc3)c(O)c12)c1ccc(Cl)s1. The van der Waals surface area contributed by atoms with Crippen LogP contribution in [0.5, 0.6) is 5.88 Å². The molecule has 4 aromatic rings. The van der Waals surface area contributed by atoms with Gasteiger partial charge in [-0.05, 0) is 42.5 Å². The second-order valence-electron chi connectivity index (χ2n) is 6.35. The predicted octanol–water partition coefficient (Wildman–Crippen LogP) is 4.71. The first kappa shape index (κ1) is 19.3. The van der Waals surface area contributed by atoms with Gasteiger partial charge in [0.1, 0.15) is 0 Å². The molecule has 0 saturated carbocycles. The quantitative estimate of drug-likeness (QED) is 0.359. The number of aromatic hydroxyl groups is 1. The van der Waals surface area contributed by atoms with Crippen molar-refractivity contribution in [1.82, 2.24) is 4.57 Å². The van der Waals surface area contributed by atoms with Crippen LogP contribution >= 0.6 is 22.9 Å². The summed E-state index contributed by atoms with van der Waals surface area (Å²) in [5.74, 6) is -0.239. The lowest BCUT2D eigenvalue weighted by Crippen LogP contribution is -2.10. The van der Waals surface area contributed by atoms with Crippen molar-refractivity contribution < 1.29 is 15.0 Å². The van der Waals surface area contributed by atoms with Crippen molar-refractivity contribution in [2.45, 2.75) is 0 Å². The first-order valence-electron chi connectivity index (χ1n) is 8.91. The molecule has 4 N–H and O–H groups in total. The summed E-state index contributed by atoms with van der Waals surface area (Å²) in [5.41, 5.74) is 2.17. The Morgan fingerprint density at radius 2 is 1.90 bits per heavy atom. The second kappa shape index (κ2) is 8.16. The third-order valence-electron chi connectivity index (χ3n) is 4.45. The minimum absolute atomic E-state index is 0.0381. The Bertz CT molecular complexity index is 1170. The van der Waals surface area contributed by atoms with E-state index >= 15 is 0 Å². The van der Waals surface area contributed by atoms with E-state index in [2.05, 4.69) is 10.6 Å².